The number of non-ortho nitro benzene ring substituents is 1. The molecular formula is C13H11N3O4. The van der Waals surface area contributed by atoms with E-state index in [-0.39, 0.29) is 23.5 Å². The first-order valence-corrected chi connectivity index (χ1v) is 5.77. The second-order valence-corrected chi connectivity index (χ2v) is 4.03. The molecule has 1 amide bonds. The van der Waals surface area contributed by atoms with Crippen LogP contribution in [0.2, 0.25) is 0 Å². The van der Waals surface area contributed by atoms with Crippen LogP contribution in [0.15, 0.2) is 47.3 Å². The van der Waals surface area contributed by atoms with Crippen LogP contribution in [0.3, 0.4) is 0 Å². The van der Waals surface area contributed by atoms with Gasteiger partial charge in [0.15, 0.2) is 0 Å². The molecule has 0 aliphatic rings. The Balaban J connectivity index is 2.00. The van der Waals surface area contributed by atoms with E-state index in [0.717, 1.165) is 5.56 Å². The quantitative estimate of drug-likeness (QED) is 0.645. The first-order chi connectivity index (χ1) is 9.56. The van der Waals surface area contributed by atoms with Crippen molar-refractivity contribution in [3.05, 3.63) is 74.2 Å². The third kappa shape index (κ3) is 3.29. The van der Waals surface area contributed by atoms with Crippen molar-refractivity contribution in [2.75, 3.05) is 0 Å². The molecule has 1 aromatic carbocycles. The van der Waals surface area contributed by atoms with Gasteiger partial charge in [-0.25, -0.2) is 0 Å². The summed E-state index contributed by atoms with van der Waals surface area (Å²) in [5.41, 5.74) is 0.530. The van der Waals surface area contributed by atoms with Gasteiger partial charge in [0.05, 0.1) is 4.92 Å². The van der Waals surface area contributed by atoms with E-state index in [2.05, 4.69) is 10.3 Å². The highest BCUT2D eigenvalue weighted by Crippen LogP contribution is 2.11. The minimum Gasteiger partial charge on any atom is -0.347 e. The summed E-state index contributed by atoms with van der Waals surface area (Å²) in [6.45, 7) is 0.216. The highest BCUT2D eigenvalue weighted by atomic mass is 16.6. The number of nitro benzene ring substituents is 1. The Kier molecular flexibility index (Phi) is 3.90. The zero-order chi connectivity index (χ0) is 14.5. The fourth-order valence-electron chi connectivity index (χ4n) is 1.59. The number of benzene rings is 1. The summed E-state index contributed by atoms with van der Waals surface area (Å²) < 4.78 is 0. The van der Waals surface area contributed by atoms with Gasteiger partial charge < -0.3 is 10.3 Å². The number of aromatic nitrogens is 1. The molecule has 0 aliphatic carbocycles. The first-order valence-electron chi connectivity index (χ1n) is 5.77. The number of carbonyl (C=O) groups excluding carboxylic acids is 1. The fourth-order valence-corrected chi connectivity index (χ4v) is 1.59. The lowest BCUT2D eigenvalue weighted by atomic mass is 10.2. The predicted octanol–water partition coefficient (Wildman–Crippen LogP) is 1.21. The second-order valence-electron chi connectivity index (χ2n) is 4.03. The monoisotopic (exact) mass is 273 g/mol. The molecule has 1 aromatic heterocycles. The van der Waals surface area contributed by atoms with Crippen molar-refractivity contribution in [2.45, 2.75) is 6.54 Å². The van der Waals surface area contributed by atoms with Crippen LogP contribution in [-0.4, -0.2) is 15.8 Å². The Hall–Kier alpha value is -2.96. The number of H-pyrrole nitrogens is 1. The number of nitrogens with zero attached hydrogens (tertiary/aromatic N) is 1. The molecule has 0 saturated heterocycles. The molecule has 2 aromatic rings. The van der Waals surface area contributed by atoms with Crippen LogP contribution in [-0.2, 0) is 6.54 Å². The highest BCUT2D eigenvalue weighted by Gasteiger charge is 2.07. The lowest BCUT2D eigenvalue weighted by molar-refractivity contribution is -0.384. The average Bonchev–Trinajstić information content (AvgIpc) is 2.45. The Bertz CT molecular complexity index is 691. The molecule has 0 aliphatic heterocycles. The van der Waals surface area contributed by atoms with Crippen LogP contribution >= 0.6 is 0 Å². The van der Waals surface area contributed by atoms with Gasteiger partial charge in [-0.3, -0.25) is 19.7 Å². The molecule has 2 rings (SSSR count). The molecule has 1 heterocycles. The van der Waals surface area contributed by atoms with Crippen molar-refractivity contribution in [1.82, 2.24) is 10.3 Å². The van der Waals surface area contributed by atoms with Crippen molar-refractivity contribution in [3.63, 3.8) is 0 Å². The van der Waals surface area contributed by atoms with E-state index in [0.29, 0.717) is 0 Å². The molecule has 0 unspecified atom stereocenters. The highest BCUT2D eigenvalue weighted by molar-refractivity contribution is 5.92. The molecule has 0 radical (unpaired) electrons. The minimum atomic E-state index is -0.489. The van der Waals surface area contributed by atoms with Crippen molar-refractivity contribution in [2.24, 2.45) is 0 Å². The maximum absolute atomic E-state index is 11.8. The lowest BCUT2D eigenvalue weighted by Crippen LogP contribution is -2.25. The third-order valence-electron chi connectivity index (χ3n) is 2.61. The Labute approximate surface area is 113 Å². The summed E-state index contributed by atoms with van der Waals surface area (Å²) in [5.74, 6) is -0.416. The second kappa shape index (κ2) is 5.79. The molecular weight excluding hydrogens is 262 g/mol. The smallest absolute Gasteiger partial charge is 0.269 e. The van der Waals surface area contributed by atoms with Crippen LogP contribution < -0.4 is 10.9 Å². The van der Waals surface area contributed by atoms with Gasteiger partial charge in [0.1, 0.15) is 5.69 Å². The number of rotatable bonds is 4. The molecule has 0 spiro atoms. The Morgan fingerprint density at radius 3 is 2.50 bits per heavy atom. The van der Waals surface area contributed by atoms with Gasteiger partial charge in [-0.15, -0.1) is 0 Å². The number of hydrogen-bond donors (Lipinski definition) is 2. The van der Waals surface area contributed by atoms with Crippen molar-refractivity contribution in [3.8, 4) is 0 Å². The third-order valence-corrected chi connectivity index (χ3v) is 2.61. The number of pyridine rings is 1. The van der Waals surface area contributed by atoms with E-state index < -0.39 is 10.8 Å². The van der Waals surface area contributed by atoms with Gasteiger partial charge in [0.25, 0.3) is 11.6 Å². The van der Waals surface area contributed by atoms with E-state index >= 15 is 0 Å². The van der Waals surface area contributed by atoms with E-state index in [9.17, 15) is 19.7 Å². The van der Waals surface area contributed by atoms with Gasteiger partial charge >= 0.3 is 0 Å². The Morgan fingerprint density at radius 2 is 1.90 bits per heavy atom. The number of hydrogen-bond acceptors (Lipinski definition) is 4. The summed E-state index contributed by atoms with van der Waals surface area (Å²) >= 11 is 0. The van der Waals surface area contributed by atoms with Crippen LogP contribution in [0.4, 0.5) is 5.69 Å². The summed E-state index contributed by atoms with van der Waals surface area (Å²) in [4.78, 5) is 35.2. The van der Waals surface area contributed by atoms with Gasteiger partial charge in [-0.1, -0.05) is 18.2 Å². The topological polar surface area (TPSA) is 105 Å². The van der Waals surface area contributed by atoms with Crippen LogP contribution in [0.5, 0.6) is 0 Å². The molecule has 0 bridgehead atoms. The normalized spacial score (nSPS) is 10.0. The Morgan fingerprint density at radius 1 is 1.20 bits per heavy atom. The lowest BCUT2D eigenvalue weighted by Gasteiger charge is -2.05. The fraction of sp³-hybridized carbons (Fsp3) is 0.0769. The van der Waals surface area contributed by atoms with Crippen molar-refractivity contribution in [1.29, 1.82) is 0 Å². The molecule has 0 fully saturated rings. The summed E-state index contributed by atoms with van der Waals surface area (Å²) in [6.07, 6.45) is 0. The SMILES string of the molecule is O=C(NCc1ccc([N+](=O)[O-])cc1)c1cccc(=O)[nH]1. The molecule has 20 heavy (non-hydrogen) atoms. The van der Waals surface area contributed by atoms with E-state index in [4.69, 9.17) is 0 Å². The molecule has 7 heteroatoms. The van der Waals surface area contributed by atoms with Crippen molar-refractivity contribution < 1.29 is 9.72 Å². The maximum atomic E-state index is 11.8. The van der Waals surface area contributed by atoms with Crippen LogP contribution in [0, 0.1) is 10.1 Å². The van der Waals surface area contributed by atoms with Gasteiger partial charge in [0, 0.05) is 24.7 Å². The zero-order valence-corrected chi connectivity index (χ0v) is 10.3. The largest absolute Gasteiger partial charge is 0.347 e. The summed E-state index contributed by atoms with van der Waals surface area (Å²) in [5, 5.41) is 13.1. The standard InChI is InChI=1S/C13H11N3O4/c17-12-3-1-2-11(15-12)13(18)14-8-9-4-6-10(7-5-9)16(19)20/h1-7H,8H2,(H,14,18)(H,15,17). The maximum Gasteiger partial charge on any atom is 0.269 e. The number of aromatic amines is 1. The first kappa shape index (κ1) is 13.5. The zero-order valence-electron chi connectivity index (χ0n) is 10.3. The number of carbonyl (C=O) groups is 1. The number of nitrogens with one attached hydrogen (secondary N) is 2. The molecule has 0 saturated carbocycles. The van der Waals surface area contributed by atoms with E-state index in [1.165, 1.54) is 30.3 Å². The minimum absolute atomic E-state index is 0.00698. The molecule has 102 valence electrons. The van der Waals surface area contributed by atoms with Gasteiger partial charge in [-0.2, -0.15) is 0 Å². The number of amides is 1. The summed E-state index contributed by atoms with van der Waals surface area (Å²) in [7, 11) is 0. The predicted molar refractivity (Wildman–Crippen MR) is 71.3 cm³/mol. The summed E-state index contributed by atoms with van der Waals surface area (Å²) in [6, 6.07) is 10.1. The molecule has 0 atom stereocenters. The van der Waals surface area contributed by atoms with Crippen LogP contribution in [0.1, 0.15) is 16.1 Å². The van der Waals surface area contributed by atoms with E-state index in [1.54, 1.807) is 12.1 Å². The van der Waals surface area contributed by atoms with Crippen molar-refractivity contribution >= 4 is 11.6 Å². The van der Waals surface area contributed by atoms with Gasteiger partial charge in [-0.05, 0) is 11.6 Å². The molecule has 7 nitrogen and oxygen atoms in total. The number of nitro groups is 1. The average molecular weight is 273 g/mol. The van der Waals surface area contributed by atoms with E-state index in [1.807, 2.05) is 0 Å². The molecule has 2 N–H and O–H groups in total. The van der Waals surface area contributed by atoms with Crippen LogP contribution in [0.25, 0.3) is 0 Å². The van der Waals surface area contributed by atoms with Gasteiger partial charge in [0.2, 0.25) is 5.56 Å².